The minimum absolute atomic E-state index is 0.176. The number of ketones is 1. The second-order valence-electron chi connectivity index (χ2n) is 12.7. The molecule has 43 heavy (non-hydrogen) atoms. The van der Waals surface area contributed by atoms with Gasteiger partial charge < -0.3 is 24.6 Å². The van der Waals surface area contributed by atoms with Crippen LogP contribution < -0.4 is 20.3 Å². The summed E-state index contributed by atoms with van der Waals surface area (Å²) < 4.78 is 26.7. The summed E-state index contributed by atoms with van der Waals surface area (Å²) in [6.45, 7) is 8.56. The molecule has 7 rings (SSSR count). The highest BCUT2D eigenvalue weighted by Gasteiger charge is 2.58. The average molecular weight is 587 g/mol. The summed E-state index contributed by atoms with van der Waals surface area (Å²) in [5, 5.41) is 6.58. The number of nitrogens with one attached hydrogen (secondary N) is 2. The Bertz CT molecular complexity index is 1610. The Morgan fingerprint density at radius 3 is 2.58 bits per heavy atom. The van der Waals surface area contributed by atoms with Crippen molar-refractivity contribution in [3.63, 3.8) is 0 Å². The van der Waals surface area contributed by atoms with Crippen LogP contribution in [0.4, 0.5) is 26.5 Å². The minimum Gasteiger partial charge on any atom is -0.488 e. The van der Waals surface area contributed by atoms with E-state index in [9.17, 15) is 9.59 Å². The van der Waals surface area contributed by atoms with E-state index in [1.807, 2.05) is 57.2 Å². The number of amides is 1. The van der Waals surface area contributed by atoms with Gasteiger partial charge in [0, 0.05) is 50.4 Å². The normalized spacial score (nSPS) is 21.2. The maximum Gasteiger partial charge on any atom is 0.410 e. The van der Waals surface area contributed by atoms with E-state index in [0.717, 1.165) is 29.7 Å². The van der Waals surface area contributed by atoms with E-state index in [2.05, 4.69) is 25.5 Å². The highest BCUT2D eigenvalue weighted by Crippen LogP contribution is 2.47. The third-order valence-electron chi connectivity index (χ3n) is 8.26. The largest absolute Gasteiger partial charge is 0.488 e. The molecule has 1 unspecified atom stereocenters. The van der Waals surface area contributed by atoms with Crippen molar-refractivity contribution in [2.75, 3.05) is 36.4 Å². The molecule has 0 bridgehead atoms. The number of ether oxygens (including phenoxy) is 2. The third kappa shape index (κ3) is 5.49. The summed E-state index contributed by atoms with van der Waals surface area (Å²) >= 11 is 0. The van der Waals surface area contributed by atoms with Crippen LogP contribution in [0, 0.1) is 5.82 Å². The van der Waals surface area contributed by atoms with Crippen LogP contribution in [-0.2, 0) is 21.6 Å². The fraction of sp³-hybridized carbons (Fsp3) is 0.438. The van der Waals surface area contributed by atoms with Crippen LogP contribution in [0.2, 0.25) is 0 Å². The van der Waals surface area contributed by atoms with Crippen LogP contribution in [-0.4, -0.2) is 64.6 Å². The van der Waals surface area contributed by atoms with Crippen molar-refractivity contribution in [1.29, 1.82) is 0 Å². The van der Waals surface area contributed by atoms with E-state index < -0.39 is 17.0 Å². The highest BCUT2D eigenvalue weighted by molar-refractivity contribution is 6.07. The number of hydrogen-bond acceptors (Lipinski definition) is 9. The summed E-state index contributed by atoms with van der Waals surface area (Å²) in [6, 6.07) is 11.5. The second kappa shape index (κ2) is 10.2. The molecule has 11 heteroatoms. The molecule has 224 valence electrons. The lowest BCUT2D eigenvalue weighted by Gasteiger charge is -2.37. The van der Waals surface area contributed by atoms with Crippen LogP contribution >= 0.6 is 0 Å². The molecule has 2 saturated carbocycles. The molecule has 4 aliphatic rings. The third-order valence-corrected chi connectivity index (χ3v) is 8.26. The van der Waals surface area contributed by atoms with E-state index in [1.165, 1.54) is 6.20 Å². The summed E-state index contributed by atoms with van der Waals surface area (Å²) in [5.41, 5.74) is 3.33. The van der Waals surface area contributed by atoms with E-state index in [4.69, 9.17) is 9.47 Å². The van der Waals surface area contributed by atoms with Crippen molar-refractivity contribution < 1.29 is 23.5 Å². The first-order chi connectivity index (χ1) is 20.6. The molecular formula is C32H35FN6O4. The topological polar surface area (TPSA) is 109 Å². The standard InChI is InChI=1S/C32H35FN6O4/c1-31(2,3)43-30(41)39-12-10-38(11-13-39)21-5-9-26(42-22-6-7-22)25(15-21)36-29-34-18-24(33)28(37-29)19-4-8-23-20(14-19)17-35-32(23)16-27(32)40/h4-5,8-9,14-15,18,22,35H,6-7,10-13,16-17H2,1-3H3,(H,34,36,37). The predicted octanol–water partition coefficient (Wildman–Crippen LogP) is 4.90. The maximum absolute atomic E-state index is 15.0. The number of carbonyl (C=O) groups is 2. The Labute approximate surface area is 249 Å². The fourth-order valence-corrected chi connectivity index (χ4v) is 5.75. The van der Waals surface area contributed by atoms with Gasteiger partial charge in [-0.05, 0) is 69.0 Å². The van der Waals surface area contributed by atoms with Crippen molar-refractivity contribution in [1.82, 2.24) is 20.2 Å². The number of fused-ring (bicyclic) bond motifs is 2. The van der Waals surface area contributed by atoms with Crippen LogP contribution in [0.3, 0.4) is 0 Å². The predicted molar refractivity (Wildman–Crippen MR) is 159 cm³/mol. The second-order valence-corrected chi connectivity index (χ2v) is 12.7. The van der Waals surface area contributed by atoms with Crippen LogP contribution in [0.1, 0.15) is 51.2 Å². The first kappa shape index (κ1) is 27.6. The number of nitrogens with zero attached hydrogens (tertiary/aromatic N) is 4. The van der Waals surface area contributed by atoms with Gasteiger partial charge in [0.25, 0.3) is 0 Å². The first-order valence-electron chi connectivity index (χ1n) is 14.8. The maximum atomic E-state index is 15.0. The molecule has 2 N–H and O–H groups in total. The summed E-state index contributed by atoms with van der Waals surface area (Å²) in [6.07, 6.45) is 3.56. The number of carbonyl (C=O) groups excluding carboxylic acids is 2. The van der Waals surface area contributed by atoms with Gasteiger partial charge in [0.1, 0.15) is 22.6 Å². The molecule has 3 heterocycles. The van der Waals surface area contributed by atoms with Gasteiger partial charge in [0.05, 0.1) is 18.0 Å². The molecule has 1 aromatic heterocycles. The summed E-state index contributed by atoms with van der Waals surface area (Å²) in [5.74, 6) is 0.585. The smallest absolute Gasteiger partial charge is 0.410 e. The lowest BCUT2D eigenvalue weighted by Crippen LogP contribution is -2.50. The molecule has 3 fully saturated rings. The fourth-order valence-electron chi connectivity index (χ4n) is 5.75. The Kier molecular flexibility index (Phi) is 6.53. The quantitative estimate of drug-likeness (QED) is 0.417. The Balaban J connectivity index is 1.11. The summed E-state index contributed by atoms with van der Waals surface area (Å²) in [7, 11) is 0. The van der Waals surface area contributed by atoms with Gasteiger partial charge in [-0.15, -0.1) is 0 Å². The van der Waals surface area contributed by atoms with Crippen LogP contribution in [0.5, 0.6) is 5.75 Å². The number of benzene rings is 2. The zero-order valence-electron chi connectivity index (χ0n) is 24.6. The highest BCUT2D eigenvalue weighted by atomic mass is 19.1. The molecule has 2 aliphatic heterocycles. The molecule has 1 spiro atoms. The van der Waals surface area contributed by atoms with Crippen molar-refractivity contribution >= 4 is 29.2 Å². The Hall–Kier alpha value is -4.25. The van der Waals surface area contributed by atoms with Gasteiger partial charge >= 0.3 is 6.09 Å². The van der Waals surface area contributed by atoms with Crippen molar-refractivity contribution in [3.8, 4) is 17.0 Å². The van der Waals surface area contributed by atoms with E-state index >= 15 is 4.39 Å². The van der Waals surface area contributed by atoms with Crippen molar-refractivity contribution in [3.05, 3.63) is 59.5 Å². The monoisotopic (exact) mass is 586 g/mol. The number of hydrogen-bond donors (Lipinski definition) is 2. The Morgan fingerprint density at radius 1 is 1.12 bits per heavy atom. The molecule has 1 saturated heterocycles. The number of halogens is 1. The van der Waals surface area contributed by atoms with Gasteiger partial charge in [-0.25, -0.2) is 19.2 Å². The van der Waals surface area contributed by atoms with Crippen molar-refractivity contribution in [2.24, 2.45) is 0 Å². The number of anilines is 3. The average Bonchev–Trinajstić information content (AvgIpc) is 3.88. The number of rotatable bonds is 6. The van der Waals surface area contributed by atoms with E-state index in [1.54, 1.807) is 4.90 Å². The zero-order chi connectivity index (χ0) is 29.9. The molecule has 3 aromatic rings. The first-order valence-corrected chi connectivity index (χ1v) is 14.8. The summed E-state index contributed by atoms with van der Waals surface area (Å²) in [4.78, 5) is 37.3. The molecular weight excluding hydrogens is 551 g/mol. The molecule has 0 radical (unpaired) electrons. The lowest BCUT2D eigenvalue weighted by atomic mass is 9.99. The molecule has 2 aromatic carbocycles. The molecule has 10 nitrogen and oxygen atoms in total. The Morgan fingerprint density at radius 2 is 1.88 bits per heavy atom. The van der Waals surface area contributed by atoms with E-state index in [-0.39, 0.29) is 29.6 Å². The van der Waals surface area contributed by atoms with Gasteiger partial charge in [-0.1, -0.05) is 12.1 Å². The number of Topliss-reactive ketones (excluding diaryl/α,β-unsaturated/α-hetero) is 1. The van der Waals surface area contributed by atoms with Crippen molar-refractivity contribution in [2.45, 2.75) is 63.8 Å². The van der Waals surface area contributed by atoms with Crippen LogP contribution in [0.25, 0.3) is 11.3 Å². The zero-order valence-corrected chi connectivity index (χ0v) is 24.6. The lowest BCUT2D eigenvalue weighted by molar-refractivity contribution is -0.111. The molecule has 1 amide bonds. The van der Waals surface area contributed by atoms with Gasteiger partial charge in [0.2, 0.25) is 5.95 Å². The van der Waals surface area contributed by atoms with E-state index in [0.29, 0.717) is 56.1 Å². The molecule has 1 atom stereocenters. The van der Waals surface area contributed by atoms with Gasteiger partial charge in [0.15, 0.2) is 11.6 Å². The SMILES string of the molecule is CC(C)(C)OC(=O)N1CCN(c2ccc(OC3CC3)c(Nc3ncc(F)c(-c4ccc5c(c4)CNC54CC4=O)n3)c2)CC1. The molecule has 2 aliphatic carbocycles. The number of piperazine rings is 1. The minimum atomic E-state index is -0.545. The van der Waals surface area contributed by atoms with Crippen LogP contribution in [0.15, 0.2) is 42.6 Å². The van der Waals surface area contributed by atoms with Gasteiger partial charge in [-0.2, -0.15) is 0 Å². The number of aromatic nitrogens is 2. The van der Waals surface area contributed by atoms with Gasteiger partial charge in [-0.3, -0.25) is 10.1 Å².